The third kappa shape index (κ3) is 5.18. The SMILES string of the molecule is CC(CCNC(=O)OCC1c2ccccc2-c2ccccc21)C(=O)N1CC(CCC(=O)O)C1. The molecule has 2 aliphatic rings. The van der Waals surface area contributed by atoms with Crippen LogP contribution in [-0.2, 0) is 14.3 Å². The van der Waals surface area contributed by atoms with Gasteiger partial charge in [-0.1, -0.05) is 55.5 Å². The maximum absolute atomic E-state index is 12.5. The van der Waals surface area contributed by atoms with Crippen LogP contribution in [-0.4, -0.2) is 54.2 Å². The Kier molecular flexibility index (Phi) is 6.96. The van der Waals surface area contributed by atoms with Gasteiger partial charge in [0.25, 0.3) is 0 Å². The molecule has 1 fully saturated rings. The van der Waals surface area contributed by atoms with Gasteiger partial charge in [0.15, 0.2) is 0 Å². The van der Waals surface area contributed by atoms with Crippen molar-refractivity contribution in [2.45, 2.75) is 32.1 Å². The molecule has 7 heteroatoms. The van der Waals surface area contributed by atoms with Gasteiger partial charge in [-0.05, 0) is 41.0 Å². The van der Waals surface area contributed by atoms with E-state index in [0.717, 1.165) is 0 Å². The second-order valence-electron chi connectivity index (χ2n) is 8.98. The lowest BCUT2D eigenvalue weighted by molar-refractivity contribution is -0.142. The first kappa shape index (κ1) is 22.8. The molecule has 0 radical (unpaired) electrons. The molecule has 2 aromatic carbocycles. The van der Waals surface area contributed by atoms with Crippen LogP contribution in [0.4, 0.5) is 4.79 Å². The topological polar surface area (TPSA) is 95.9 Å². The van der Waals surface area contributed by atoms with Gasteiger partial charge in [-0.2, -0.15) is 0 Å². The molecule has 174 valence electrons. The molecular weight excluding hydrogens is 420 g/mol. The first-order chi connectivity index (χ1) is 15.9. The third-order valence-electron chi connectivity index (χ3n) is 6.65. The van der Waals surface area contributed by atoms with Crippen LogP contribution in [0, 0.1) is 11.8 Å². The van der Waals surface area contributed by atoms with Crippen LogP contribution >= 0.6 is 0 Å². The van der Waals surface area contributed by atoms with Crippen molar-refractivity contribution in [3.8, 4) is 11.1 Å². The zero-order valence-corrected chi connectivity index (χ0v) is 18.8. The summed E-state index contributed by atoms with van der Waals surface area (Å²) in [7, 11) is 0. The van der Waals surface area contributed by atoms with E-state index in [0.29, 0.717) is 32.5 Å². The predicted octanol–water partition coefficient (Wildman–Crippen LogP) is 3.87. The normalized spacial score (nSPS) is 15.8. The van der Waals surface area contributed by atoms with Crippen molar-refractivity contribution >= 4 is 18.0 Å². The summed E-state index contributed by atoms with van der Waals surface area (Å²) in [5.41, 5.74) is 4.71. The Morgan fingerprint density at radius 1 is 1.06 bits per heavy atom. The van der Waals surface area contributed by atoms with Crippen LogP contribution in [0.25, 0.3) is 11.1 Å². The molecule has 2 N–H and O–H groups in total. The monoisotopic (exact) mass is 450 g/mol. The van der Waals surface area contributed by atoms with E-state index in [2.05, 4.69) is 29.6 Å². The van der Waals surface area contributed by atoms with Gasteiger partial charge in [0, 0.05) is 37.9 Å². The van der Waals surface area contributed by atoms with Gasteiger partial charge in [0.1, 0.15) is 6.61 Å². The van der Waals surface area contributed by atoms with Crippen LogP contribution in [0.3, 0.4) is 0 Å². The zero-order chi connectivity index (χ0) is 23.4. The fraction of sp³-hybridized carbons (Fsp3) is 0.423. The van der Waals surface area contributed by atoms with E-state index in [-0.39, 0.29) is 36.7 Å². The minimum Gasteiger partial charge on any atom is -0.481 e. The predicted molar refractivity (Wildman–Crippen MR) is 124 cm³/mol. The number of ether oxygens (including phenoxy) is 1. The third-order valence-corrected chi connectivity index (χ3v) is 6.65. The molecule has 0 saturated carbocycles. The second kappa shape index (κ2) is 10.1. The minimum absolute atomic E-state index is 0.0177. The summed E-state index contributed by atoms with van der Waals surface area (Å²) in [6.45, 7) is 3.72. The summed E-state index contributed by atoms with van der Waals surface area (Å²) in [6.07, 6.45) is 0.803. The van der Waals surface area contributed by atoms with Gasteiger partial charge in [0.05, 0.1) is 0 Å². The van der Waals surface area contributed by atoms with Gasteiger partial charge in [0.2, 0.25) is 5.91 Å². The molecule has 2 amide bonds. The van der Waals surface area contributed by atoms with Crippen molar-refractivity contribution in [3.63, 3.8) is 0 Å². The highest BCUT2D eigenvalue weighted by molar-refractivity contribution is 5.80. The average molecular weight is 451 g/mol. The molecule has 1 atom stereocenters. The van der Waals surface area contributed by atoms with Crippen molar-refractivity contribution < 1.29 is 24.2 Å². The number of benzene rings is 2. The highest BCUT2D eigenvalue weighted by Crippen LogP contribution is 2.44. The van der Waals surface area contributed by atoms with Crippen LogP contribution in [0.15, 0.2) is 48.5 Å². The number of nitrogens with one attached hydrogen (secondary N) is 1. The number of amides is 2. The lowest BCUT2D eigenvalue weighted by Gasteiger charge is -2.40. The van der Waals surface area contributed by atoms with E-state index in [4.69, 9.17) is 9.84 Å². The van der Waals surface area contributed by atoms with E-state index in [1.54, 1.807) is 4.90 Å². The summed E-state index contributed by atoms with van der Waals surface area (Å²) < 4.78 is 5.53. The number of hydrogen-bond acceptors (Lipinski definition) is 4. The molecular formula is C26H30N2O5. The number of hydrogen-bond donors (Lipinski definition) is 2. The fourth-order valence-corrected chi connectivity index (χ4v) is 4.74. The molecule has 4 rings (SSSR count). The summed E-state index contributed by atoms with van der Waals surface area (Å²) in [5.74, 6) is -0.664. The zero-order valence-electron chi connectivity index (χ0n) is 18.8. The largest absolute Gasteiger partial charge is 0.481 e. The summed E-state index contributed by atoms with van der Waals surface area (Å²) in [6, 6.07) is 16.4. The second-order valence-corrected chi connectivity index (χ2v) is 8.98. The van der Waals surface area contributed by atoms with Gasteiger partial charge in [-0.15, -0.1) is 0 Å². The lowest BCUT2D eigenvalue weighted by atomic mass is 9.92. The summed E-state index contributed by atoms with van der Waals surface area (Å²) >= 11 is 0. The van der Waals surface area contributed by atoms with E-state index in [1.165, 1.54) is 22.3 Å². The first-order valence-corrected chi connectivity index (χ1v) is 11.5. The van der Waals surface area contributed by atoms with Crippen LogP contribution < -0.4 is 5.32 Å². The Bertz CT molecular complexity index is 985. The number of rotatable bonds is 9. The number of carboxylic acid groups (broad SMARTS) is 1. The molecule has 7 nitrogen and oxygen atoms in total. The van der Waals surface area contributed by atoms with Gasteiger partial charge in [-0.3, -0.25) is 9.59 Å². The van der Waals surface area contributed by atoms with Crippen molar-refractivity contribution in [2.24, 2.45) is 11.8 Å². The quantitative estimate of drug-likeness (QED) is 0.605. The molecule has 2 aromatic rings. The van der Waals surface area contributed by atoms with E-state index < -0.39 is 12.1 Å². The molecule has 0 aromatic heterocycles. The van der Waals surface area contributed by atoms with Gasteiger partial charge in [-0.25, -0.2) is 4.79 Å². The maximum atomic E-state index is 12.5. The number of carbonyl (C=O) groups is 3. The first-order valence-electron chi connectivity index (χ1n) is 11.5. The molecule has 0 spiro atoms. The fourth-order valence-electron chi connectivity index (χ4n) is 4.74. The number of carbonyl (C=O) groups excluding carboxylic acids is 2. The maximum Gasteiger partial charge on any atom is 0.407 e. The number of aliphatic carboxylic acids is 1. The Hall–Kier alpha value is -3.35. The lowest BCUT2D eigenvalue weighted by Crippen LogP contribution is -2.52. The average Bonchev–Trinajstić information content (AvgIpc) is 3.10. The highest BCUT2D eigenvalue weighted by Gasteiger charge is 2.33. The number of nitrogens with zero attached hydrogens (tertiary/aromatic N) is 1. The van der Waals surface area contributed by atoms with E-state index in [1.807, 2.05) is 31.2 Å². The molecule has 1 saturated heterocycles. The van der Waals surface area contributed by atoms with Gasteiger partial charge < -0.3 is 20.1 Å². The summed E-state index contributed by atoms with van der Waals surface area (Å²) in [5, 5.41) is 11.5. The minimum atomic E-state index is -0.799. The van der Waals surface area contributed by atoms with Crippen molar-refractivity contribution in [1.82, 2.24) is 10.2 Å². The Balaban J connectivity index is 1.19. The number of likely N-dealkylation sites (tertiary alicyclic amines) is 1. The Morgan fingerprint density at radius 3 is 2.27 bits per heavy atom. The smallest absolute Gasteiger partial charge is 0.407 e. The Morgan fingerprint density at radius 2 is 1.67 bits per heavy atom. The molecule has 1 heterocycles. The van der Waals surface area contributed by atoms with Crippen molar-refractivity contribution in [2.75, 3.05) is 26.2 Å². The number of carboxylic acids is 1. The van der Waals surface area contributed by atoms with Crippen molar-refractivity contribution in [1.29, 1.82) is 0 Å². The van der Waals surface area contributed by atoms with Crippen LogP contribution in [0.1, 0.15) is 43.2 Å². The van der Waals surface area contributed by atoms with Crippen molar-refractivity contribution in [3.05, 3.63) is 59.7 Å². The molecule has 1 aliphatic carbocycles. The highest BCUT2D eigenvalue weighted by atomic mass is 16.5. The van der Waals surface area contributed by atoms with Gasteiger partial charge >= 0.3 is 12.1 Å². The molecule has 1 aliphatic heterocycles. The molecule has 0 bridgehead atoms. The van der Waals surface area contributed by atoms with E-state index in [9.17, 15) is 14.4 Å². The molecule has 33 heavy (non-hydrogen) atoms. The Labute approximate surface area is 193 Å². The summed E-state index contributed by atoms with van der Waals surface area (Å²) in [4.78, 5) is 37.2. The standard InChI is InChI=1S/C26H30N2O5/c1-17(25(31)28-14-18(15-28)10-11-24(29)30)12-13-27-26(32)33-16-23-21-8-4-2-6-19(21)20-7-3-5-9-22(20)23/h2-9,17-18,23H,10-16H2,1H3,(H,27,32)(H,29,30). The number of alkyl carbamates (subject to hydrolysis) is 1. The van der Waals surface area contributed by atoms with Crippen LogP contribution in [0.5, 0.6) is 0 Å². The number of fused-ring (bicyclic) bond motifs is 3. The molecule has 1 unspecified atom stereocenters. The van der Waals surface area contributed by atoms with E-state index >= 15 is 0 Å². The van der Waals surface area contributed by atoms with Crippen LogP contribution in [0.2, 0.25) is 0 Å².